The lowest BCUT2D eigenvalue weighted by molar-refractivity contribution is -0.00240. The highest BCUT2D eigenvalue weighted by atomic mass is 16.3. The number of aliphatic hydroxyl groups is 3. The van der Waals surface area contributed by atoms with Crippen molar-refractivity contribution in [2.24, 2.45) is 11.8 Å². The Bertz CT molecular complexity index is 145. The summed E-state index contributed by atoms with van der Waals surface area (Å²) in [6.45, 7) is 1.83. The molecule has 0 aliphatic heterocycles. The Kier molecular flexibility index (Phi) is 4.85. The van der Waals surface area contributed by atoms with E-state index in [1.165, 1.54) is 0 Å². The highest BCUT2D eigenvalue weighted by molar-refractivity contribution is 4.80. The Hall–Kier alpha value is -0.120. The van der Waals surface area contributed by atoms with E-state index >= 15 is 0 Å². The average molecular weight is 202 g/mol. The van der Waals surface area contributed by atoms with E-state index in [4.69, 9.17) is 5.11 Å². The molecular weight excluding hydrogens is 180 g/mol. The third-order valence-corrected chi connectivity index (χ3v) is 3.45. The van der Waals surface area contributed by atoms with Crippen LogP contribution in [0.25, 0.3) is 0 Å². The van der Waals surface area contributed by atoms with Crippen LogP contribution in [0.3, 0.4) is 0 Å². The second-order valence-electron chi connectivity index (χ2n) is 4.41. The molecule has 0 aromatic carbocycles. The Labute approximate surface area is 85.8 Å². The molecule has 0 amide bonds. The summed E-state index contributed by atoms with van der Waals surface area (Å²) in [7, 11) is 0. The molecule has 0 aromatic rings. The van der Waals surface area contributed by atoms with Gasteiger partial charge in [-0.05, 0) is 37.5 Å². The predicted octanol–water partition coefficient (Wildman–Crippen LogP) is 0.917. The van der Waals surface area contributed by atoms with Crippen molar-refractivity contribution < 1.29 is 15.3 Å². The van der Waals surface area contributed by atoms with Gasteiger partial charge in [0.05, 0.1) is 18.8 Å². The molecule has 3 N–H and O–H groups in total. The summed E-state index contributed by atoms with van der Waals surface area (Å²) in [5.74, 6) is 0.500. The maximum Gasteiger partial charge on any atom is 0.0799 e. The second kappa shape index (κ2) is 5.69. The molecule has 0 aromatic heterocycles. The fourth-order valence-electron chi connectivity index (χ4n) is 2.45. The second-order valence-corrected chi connectivity index (χ2v) is 4.41. The molecule has 0 bridgehead atoms. The van der Waals surface area contributed by atoms with Gasteiger partial charge in [0, 0.05) is 0 Å². The molecule has 1 aliphatic carbocycles. The highest BCUT2D eigenvalue weighted by Crippen LogP contribution is 2.33. The summed E-state index contributed by atoms with van der Waals surface area (Å²) >= 11 is 0. The molecule has 3 nitrogen and oxygen atoms in total. The molecule has 1 rings (SSSR count). The van der Waals surface area contributed by atoms with Crippen molar-refractivity contribution in [3.05, 3.63) is 0 Å². The summed E-state index contributed by atoms with van der Waals surface area (Å²) < 4.78 is 0. The quantitative estimate of drug-likeness (QED) is 0.635. The molecule has 0 saturated heterocycles. The molecule has 14 heavy (non-hydrogen) atoms. The van der Waals surface area contributed by atoms with Gasteiger partial charge in [-0.1, -0.05) is 13.3 Å². The van der Waals surface area contributed by atoms with Crippen LogP contribution in [0.1, 0.15) is 39.0 Å². The van der Waals surface area contributed by atoms with E-state index < -0.39 is 6.10 Å². The predicted molar refractivity (Wildman–Crippen MR) is 54.8 cm³/mol. The van der Waals surface area contributed by atoms with Crippen LogP contribution in [0.15, 0.2) is 0 Å². The zero-order valence-corrected chi connectivity index (χ0v) is 8.89. The normalized spacial score (nSPS) is 32.6. The van der Waals surface area contributed by atoms with Crippen LogP contribution in [-0.2, 0) is 0 Å². The zero-order valence-electron chi connectivity index (χ0n) is 8.89. The largest absolute Gasteiger partial charge is 0.394 e. The summed E-state index contributed by atoms with van der Waals surface area (Å²) in [5, 5.41) is 28.1. The maximum atomic E-state index is 9.71. The van der Waals surface area contributed by atoms with Gasteiger partial charge in [0.25, 0.3) is 0 Å². The molecule has 1 aliphatic rings. The lowest BCUT2D eigenvalue weighted by Crippen LogP contribution is -2.33. The summed E-state index contributed by atoms with van der Waals surface area (Å²) in [6.07, 6.45) is 3.91. The molecular formula is C11H22O3. The van der Waals surface area contributed by atoms with Crippen LogP contribution >= 0.6 is 0 Å². The van der Waals surface area contributed by atoms with Crippen LogP contribution in [-0.4, -0.2) is 34.1 Å². The number of hydrogen-bond acceptors (Lipinski definition) is 3. The van der Waals surface area contributed by atoms with E-state index in [1.807, 2.05) is 6.92 Å². The van der Waals surface area contributed by atoms with Crippen LogP contribution in [0, 0.1) is 11.8 Å². The van der Waals surface area contributed by atoms with Crippen LogP contribution in [0.2, 0.25) is 0 Å². The van der Waals surface area contributed by atoms with Gasteiger partial charge in [-0.2, -0.15) is 0 Å². The van der Waals surface area contributed by atoms with Crippen molar-refractivity contribution in [3.63, 3.8) is 0 Å². The van der Waals surface area contributed by atoms with Crippen molar-refractivity contribution >= 4 is 0 Å². The fourth-order valence-corrected chi connectivity index (χ4v) is 2.45. The molecule has 0 heterocycles. The molecule has 1 fully saturated rings. The molecule has 3 heteroatoms. The van der Waals surface area contributed by atoms with Gasteiger partial charge in [-0.15, -0.1) is 0 Å². The highest BCUT2D eigenvalue weighted by Gasteiger charge is 2.29. The van der Waals surface area contributed by atoms with E-state index in [2.05, 4.69) is 0 Å². The molecule has 0 radical (unpaired) electrons. The first kappa shape index (κ1) is 12.0. The Balaban J connectivity index is 2.43. The first-order valence-electron chi connectivity index (χ1n) is 5.66. The third kappa shape index (κ3) is 2.94. The smallest absolute Gasteiger partial charge is 0.0799 e. The van der Waals surface area contributed by atoms with Crippen molar-refractivity contribution in [3.8, 4) is 0 Å². The number of rotatable bonds is 4. The minimum absolute atomic E-state index is 0.153. The van der Waals surface area contributed by atoms with Crippen LogP contribution in [0.5, 0.6) is 0 Å². The Morgan fingerprint density at radius 1 is 1.14 bits per heavy atom. The molecule has 4 unspecified atom stereocenters. The summed E-state index contributed by atoms with van der Waals surface area (Å²) in [6, 6.07) is 0. The Morgan fingerprint density at radius 2 is 1.71 bits per heavy atom. The van der Waals surface area contributed by atoms with Gasteiger partial charge in [0.15, 0.2) is 0 Å². The molecule has 84 valence electrons. The monoisotopic (exact) mass is 202 g/mol. The van der Waals surface area contributed by atoms with Crippen molar-refractivity contribution in [2.45, 2.75) is 51.2 Å². The molecule has 4 atom stereocenters. The van der Waals surface area contributed by atoms with Crippen molar-refractivity contribution in [2.75, 3.05) is 6.61 Å². The Morgan fingerprint density at radius 3 is 2.21 bits per heavy atom. The van der Waals surface area contributed by atoms with Crippen molar-refractivity contribution in [1.82, 2.24) is 0 Å². The molecule has 0 spiro atoms. The van der Waals surface area contributed by atoms with Gasteiger partial charge in [0.2, 0.25) is 0 Å². The van der Waals surface area contributed by atoms with E-state index in [-0.39, 0.29) is 18.6 Å². The maximum absolute atomic E-state index is 9.71. The zero-order chi connectivity index (χ0) is 10.6. The van der Waals surface area contributed by atoms with Crippen LogP contribution < -0.4 is 0 Å². The first-order valence-corrected chi connectivity index (χ1v) is 5.66. The van der Waals surface area contributed by atoms with E-state index in [0.717, 1.165) is 32.1 Å². The fraction of sp³-hybridized carbons (Fsp3) is 1.00. The minimum Gasteiger partial charge on any atom is -0.394 e. The number of aliphatic hydroxyl groups excluding tert-OH is 3. The standard InChI is InChI=1S/C11H22O3/c1-2-10(13)8-4-3-5-9(6-8)11(14)7-12/h8-14H,2-7H2,1H3. The van der Waals surface area contributed by atoms with Crippen LogP contribution in [0.4, 0.5) is 0 Å². The van der Waals surface area contributed by atoms with Gasteiger partial charge in [-0.3, -0.25) is 0 Å². The average Bonchev–Trinajstić information content (AvgIpc) is 2.27. The van der Waals surface area contributed by atoms with Gasteiger partial charge < -0.3 is 15.3 Å². The lowest BCUT2D eigenvalue weighted by atomic mass is 9.76. The number of hydrogen-bond donors (Lipinski definition) is 3. The van der Waals surface area contributed by atoms with Crippen molar-refractivity contribution in [1.29, 1.82) is 0 Å². The molecule has 1 saturated carbocycles. The first-order chi connectivity index (χ1) is 6.69. The van der Waals surface area contributed by atoms with E-state index in [9.17, 15) is 10.2 Å². The van der Waals surface area contributed by atoms with Gasteiger partial charge in [-0.25, -0.2) is 0 Å². The third-order valence-electron chi connectivity index (χ3n) is 3.45. The topological polar surface area (TPSA) is 60.7 Å². The minimum atomic E-state index is -0.596. The van der Waals surface area contributed by atoms with Gasteiger partial charge >= 0.3 is 0 Å². The van der Waals surface area contributed by atoms with E-state index in [1.54, 1.807) is 0 Å². The summed E-state index contributed by atoms with van der Waals surface area (Å²) in [4.78, 5) is 0. The SMILES string of the molecule is CCC(O)C1CCCC(C(O)CO)C1. The van der Waals surface area contributed by atoms with Gasteiger partial charge in [0.1, 0.15) is 0 Å². The lowest BCUT2D eigenvalue weighted by Gasteiger charge is -2.33. The summed E-state index contributed by atoms with van der Waals surface area (Å²) in [5.41, 5.74) is 0. The van der Waals surface area contributed by atoms with E-state index in [0.29, 0.717) is 5.92 Å².